The molecule has 0 unspecified atom stereocenters. The molecule has 1 fully saturated rings. The number of nitro benzene ring substituents is 1. The van der Waals surface area contributed by atoms with Crippen molar-refractivity contribution in [2.24, 2.45) is 0 Å². The zero-order valence-electron chi connectivity index (χ0n) is 15.3. The molecule has 2 amide bonds. The van der Waals surface area contributed by atoms with Gasteiger partial charge in [-0.3, -0.25) is 10.1 Å². The van der Waals surface area contributed by atoms with Crippen LogP contribution in [0.1, 0.15) is 34.1 Å². The maximum absolute atomic E-state index is 12.1. The fourth-order valence-electron chi connectivity index (χ4n) is 2.56. The van der Waals surface area contributed by atoms with Crippen molar-refractivity contribution < 1.29 is 24.0 Å². The standard InChI is InChI=1S/C17H23N3O6/c1-16(2,3)26-15(22)19-10-9-17(4,11-19)18-14(21)25-13-7-5-12(6-8-13)20(23)24/h5-8H,9-11H2,1-4H3,(H,18,21)/t17-/m1/s1. The summed E-state index contributed by atoms with van der Waals surface area (Å²) in [6.07, 6.45) is -0.555. The van der Waals surface area contributed by atoms with Crippen molar-refractivity contribution in [3.8, 4) is 5.75 Å². The maximum atomic E-state index is 12.1. The second kappa shape index (κ2) is 7.19. The highest BCUT2D eigenvalue weighted by atomic mass is 16.6. The van der Waals surface area contributed by atoms with Crippen LogP contribution in [-0.4, -0.2) is 46.2 Å². The molecular formula is C17H23N3O6. The second-order valence-electron chi connectivity index (χ2n) is 7.48. The monoisotopic (exact) mass is 365 g/mol. The highest BCUT2D eigenvalue weighted by Gasteiger charge is 2.39. The molecule has 1 aromatic carbocycles. The van der Waals surface area contributed by atoms with Crippen LogP contribution in [0.5, 0.6) is 5.75 Å². The van der Waals surface area contributed by atoms with E-state index in [0.29, 0.717) is 19.5 Å². The van der Waals surface area contributed by atoms with Crippen LogP contribution in [0.4, 0.5) is 15.3 Å². The van der Waals surface area contributed by atoms with Gasteiger partial charge in [0, 0.05) is 25.2 Å². The minimum absolute atomic E-state index is 0.0893. The third-order valence-electron chi connectivity index (χ3n) is 3.79. The Kier molecular flexibility index (Phi) is 5.38. The van der Waals surface area contributed by atoms with E-state index in [-0.39, 0.29) is 11.4 Å². The van der Waals surface area contributed by atoms with Gasteiger partial charge in [0.05, 0.1) is 10.5 Å². The van der Waals surface area contributed by atoms with Crippen LogP contribution in [-0.2, 0) is 4.74 Å². The fraction of sp³-hybridized carbons (Fsp3) is 0.529. The van der Waals surface area contributed by atoms with Gasteiger partial charge in [0.1, 0.15) is 11.4 Å². The van der Waals surface area contributed by atoms with Gasteiger partial charge in [-0.1, -0.05) is 0 Å². The van der Waals surface area contributed by atoms with Gasteiger partial charge in [-0.05, 0) is 46.2 Å². The first-order valence-corrected chi connectivity index (χ1v) is 8.20. The van der Waals surface area contributed by atoms with Crippen LogP contribution < -0.4 is 10.1 Å². The Balaban J connectivity index is 1.90. The van der Waals surface area contributed by atoms with E-state index in [1.54, 1.807) is 20.8 Å². The van der Waals surface area contributed by atoms with Gasteiger partial charge in [0.15, 0.2) is 0 Å². The number of nitrogens with one attached hydrogen (secondary N) is 1. The summed E-state index contributed by atoms with van der Waals surface area (Å²) in [5, 5.41) is 13.4. The van der Waals surface area contributed by atoms with E-state index in [1.807, 2.05) is 6.92 Å². The van der Waals surface area contributed by atoms with Gasteiger partial charge in [-0.25, -0.2) is 9.59 Å². The van der Waals surface area contributed by atoms with Gasteiger partial charge < -0.3 is 19.7 Å². The Hall–Kier alpha value is -2.84. The first-order chi connectivity index (χ1) is 12.0. The number of ether oxygens (including phenoxy) is 2. The van der Waals surface area contributed by atoms with Gasteiger partial charge >= 0.3 is 12.2 Å². The van der Waals surface area contributed by atoms with Gasteiger partial charge in [-0.15, -0.1) is 0 Å². The first kappa shape index (κ1) is 19.5. The quantitative estimate of drug-likeness (QED) is 0.651. The molecule has 1 saturated heterocycles. The number of non-ortho nitro benzene ring substituents is 1. The minimum Gasteiger partial charge on any atom is -0.444 e. The van der Waals surface area contributed by atoms with E-state index in [9.17, 15) is 19.7 Å². The predicted octanol–water partition coefficient (Wildman–Crippen LogP) is 3.08. The molecule has 1 aliphatic heterocycles. The van der Waals surface area contributed by atoms with E-state index in [4.69, 9.17) is 9.47 Å². The number of carbonyl (C=O) groups excluding carboxylic acids is 2. The van der Waals surface area contributed by atoms with Crippen molar-refractivity contribution in [2.75, 3.05) is 13.1 Å². The lowest BCUT2D eigenvalue weighted by atomic mass is 10.0. The van der Waals surface area contributed by atoms with E-state index in [0.717, 1.165) is 0 Å². The zero-order valence-corrected chi connectivity index (χ0v) is 15.3. The lowest BCUT2D eigenvalue weighted by molar-refractivity contribution is -0.384. The predicted molar refractivity (Wildman–Crippen MR) is 93.1 cm³/mol. The zero-order chi connectivity index (χ0) is 19.5. The highest BCUT2D eigenvalue weighted by molar-refractivity contribution is 5.72. The summed E-state index contributed by atoms with van der Waals surface area (Å²) in [6.45, 7) is 7.95. The first-order valence-electron chi connectivity index (χ1n) is 8.20. The Morgan fingerprint density at radius 3 is 2.42 bits per heavy atom. The van der Waals surface area contributed by atoms with E-state index in [1.165, 1.54) is 29.2 Å². The highest BCUT2D eigenvalue weighted by Crippen LogP contribution is 2.24. The van der Waals surface area contributed by atoms with Crippen LogP contribution in [0.25, 0.3) is 0 Å². The van der Waals surface area contributed by atoms with Crippen LogP contribution in [0.3, 0.4) is 0 Å². The minimum atomic E-state index is -0.688. The molecule has 9 nitrogen and oxygen atoms in total. The number of carbonyl (C=O) groups is 2. The lowest BCUT2D eigenvalue weighted by Gasteiger charge is -2.27. The summed E-state index contributed by atoms with van der Waals surface area (Å²) >= 11 is 0. The molecule has 0 aromatic heterocycles. The maximum Gasteiger partial charge on any atom is 0.413 e. The molecule has 0 radical (unpaired) electrons. The van der Waals surface area contributed by atoms with Crippen LogP contribution in [0.15, 0.2) is 24.3 Å². The number of nitro groups is 1. The van der Waals surface area contributed by atoms with Crippen LogP contribution in [0.2, 0.25) is 0 Å². The smallest absolute Gasteiger partial charge is 0.413 e. The average molecular weight is 365 g/mol. The number of hydrogen-bond donors (Lipinski definition) is 1. The Bertz CT molecular complexity index is 697. The fourth-order valence-corrected chi connectivity index (χ4v) is 2.56. The van der Waals surface area contributed by atoms with Crippen LogP contribution >= 0.6 is 0 Å². The molecule has 1 N–H and O–H groups in total. The van der Waals surface area contributed by atoms with Gasteiger partial charge in [-0.2, -0.15) is 0 Å². The molecule has 2 rings (SSSR count). The molecule has 142 valence electrons. The summed E-state index contributed by atoms with van der Waals surface area (Å²) in [6, 6.07) is 5.21. The Labute approximate surface area is 151 Å². The normalized spacial score (nSPS) is 19.8. The van der Waals surface area contributed by atoms with E-state index < -0.39 is 28.2 Å². The van der Waals surface area contributed by atoms with E-state index in [2.05, 4.69) is 5.32 Å². The lowest BCUT2D eigenvalue weighted by Crippen LogP contribution is -2.49. The third kappa shape index (κ3) is 5.33. The molecule has 0 aliphatic carbocycles. The molecule has 1 aromatic rings. The molecule has 1 atom stereocenters. The molecule has 0 spiro atoms. The second-order valence-corrected chi connectivity index (χ2v) is 7.48. The van der Waals surface area contributed by atoms with Crippen LogP contribution in [0, 0.1) is 10.1 Å². The summed E-state index contributed by atoms with van der Waals surface area (Å²) in [7, 11) is 0. The summed E-state index contributed by atoms with van der Waals surface area (Å²) in [4.78, 5) is 35.8. The van der Waals surface area contributed by atoms with Crippen molar-refractivity contribution in [2.45, 2.75) is 45.3 Å². The molecular weight excluding hydrogens is 342 g/mol. The Morgan fingerprint density at radius 2 is 1.88 bits per heavy atom. The number of hydrogen-bond acceptors (Lipinski definition) is 6. The Morgan fingerprint density at radius 1 is 1.27 bits per heavy atom. The summed E-state index contributed by atoms with van der Waals surface area (Å²) < 4.78 is 10.5. The van der Waals surface area contributed by atoms with Gasteiger partial charge in [0.2, 0.25) is 0 Å². The summed E-state index contributed by atoms with van der Waals surface area (Å²) in [5.74, 6) is 0.193. The topological polar surface area (TPSA) is 111 Å². The third-order valence-corrected chi connectivity index (χ3v) is 3.79. The SMILES string of the molecule is CC(C)(C)OC(=O)N1CC[C@@](C)(NC(=O)Oc2ccc([N+](=O)[O-])cc2)C1. The van der Waals surface area contributed by atoms with Crippen molar-refractivity contribution in [1.29, 1.82) is 0 Å². The molecule has 1 aliphatic rings. The van der Waals surface area contributed by atoms with Crippen molar-refractivity contribution in [1.82, 2.24) is 10.2 Å². The molecule has 0 saturated carbocycles. The number of benzene rings is 1. The van der Waals surface area contributed by atoms with Crippen molar-refractivity contribution in [3.05, 3.63) is 34.4 Å². The van der Waals surface area contributed by atoms with Crippen molar-refractivity contribution >= 4 is 17.9 Å². The largest absolute Gasteiger partial charge is 0.444 e. The summed E-state index contributed by atoms with van der Waals surface area (Å²) in [5.41, 5.74) is -1.32. The average Bonchev–Trinajstić information content (AvgIpc) is 2.88. The van der Waals surface area contributed by atoms with Crippen molar-refractivity contribution in [3.63, 3.8) is 0 Å². The van der Waals surface area contributed by atoms with Gasteiger partial charge in [0.25, 0.3) is 5.69 Å². The van der Waals surface area contributed by atoms with E-state index >= 15 is 0 Å². The molecule has 26 heavy (non-hydrogen) atoms. The molecule has 1 heterocycles. The number of rotatable bonds is 3. The molecule has 9 heteroatoms. The number of likely N-dealkylation sites (tertiary alicyclic amines) is 1. The molecule has 0 bridgehead atoms. The number of nitrogens with zero attached hydrogens (tertiary/aromatic N) is 2. The number of amides is 2.